The van der Waals surface area contributed by atoms with Crippen molar-refractivity contribution in [2.24, 2.45) is 11.8 Å². The van der Waals surface area contributed by atoms with Crippen molar-refractivity contribution in [3.05, 3.63) is 11.6 Å². The Hall–Kier alpha value is -2.38. The number of rotatable bonds is 9. The fourth-order valence-corrected chi connectivity index (χ4v) is 2.80. The molecule has 1 aliphatic carbocycles. The quantitative estimate of drug-likeness (QED) is 0.420. The van der Waals surface area contributed by atoms with Crippen LogP contribution in [0.1, 0.15) is 60.3 Å². The predicted octanol–water partition coefficient (Wildman–Crippen LogP) is 2.73. The zero-order valence-electron chi connectivity index (χ0n) is 18.1. The maximum atomic E-state index is 12.4. The number of ether oxygens (including phenoxy) is 4. The van der Waals surface area contributed by atoms with Crippen molar-refractivity contribution in [2.75, 3.05) is 7.11 Å². The van der Waals surface area contributed by atoms with Gasteiger partial charge in [0.25, 0.3) is 0 Å². The maximum Gasteiger partial charge on any atom is 0.333 e. The minimum Gasteiger partial charge on any atom is -0.466 e. The molecule has 8 nitrogen and oxygen atoms in total. The lowest BCUT2D eigenvalue weighted by Gasteiger charge is -2.35. The van der Waals surface area contributed by atoms with Gasteiger partial charge in [0.2, 0.25) is 0 Å². The summed E-state index contributed by atoms with van der Waals surface area (Å²) in [4.78, 5) is 48.4. The summed E-state index contributed by atoms with van der Waals surface area (Å²) < 4.78 is 21.2. The molecule has 164 valence electrons. The van der Waals surface area contributed by atoms with Crippen LogP contribution in [0.3, 0.4) is 0 Å². The van der Waals surface area contributed by atoms with Gasteiger partial charge >= 0.3 is 23.9 Å². The Balaban J connectivity index is 3.19. The molecule has 0 bridgehead atoms. The van der Waals surface area contributed by atoms with Crippen molar-refractivity contribution in [2.45, 2.75) is 78.6 Å². The highest BCUT2D eigenvalue weighted by Gasteiger charge is 2.42. The van der Waals surface area contributed by atoms with Crippen molar-refractivity contribution >= 4 is 23.9 Å². The molecule has 0 saturated heterocycles. The molecule has 0 N–H and O–H groups in total. The van der Waals surface area contributed by atoms with E-state index in [0.29, 0.717) is 6.42 Å². The first-order chi connectivity index (χ1) is 13.6. The lowest BCUT2D eigenvalue weighted by molar-refractivity contribution is -0.185. The van der Waals surface area contributed by atoms with Crippen molar-refractivity contribution in [3.63, 3.8) is 0 Å². The van der Waals surface area contributed by atoms with Gasteiger partial charge in [0.05, 0.1) is 13.0 Å². The average molecular weight is 412 g/mol. The summed E-state index contributed by atoms with van der Waals surface area (Å²) in [5.74, 6) is -2.47. The molecule has 1 rings (SSSR count). The van der Waals surface area contributed by atoms with E-state index in [4.69, 9.17) is 18.9 Å². The minimum absolute atomic E-state index is 0.00482. The number of hydrogen-bond donors (Lipinski definition) is 0. The van der Waals surface area contributed by atoms with Crippen LogP contribution < -0.4 is 0 Å². The van der Waals surface area contributed by atoms with Crippen LogP contribution in [-0.2, 0) is 38.1 Å². The maximum absolute atomic E-state index is 12.4. The summed E-state index contributed by atoms with van der Waals surface area (Å²) in [5, 5.41) is 0. The van der Waals surface area contributed by atoms with Gasteiger partial charge in [-0.15, -0.1) is 0 Å². The molecule has 0 aliphatic heterocycles. The van der Waals surface area contributed by atoms with E-state index in [2.05, 4.69) is 0 Å². The summed E-state index contributed by atoms with van der Waals surface area (Å²) in [5.41, 5.74) is 0.191. The molecule has 0 aromatic carbocycles. The van der Waals surface area contributed by atoms with Gasteiger partial charge in [-0.25, -0.2) is 4.79 Å². The Morgan fingerprint density at radius 2 is 1.72 bits per heavy atom. The third-order valence-electron chi connectivity index (χ3n) is 4.99. The van der Waals surface area contributed by atoms with Crippen LogP contribution in [0.2, 0.25) is 0 Å². The molecular weight excluding hydrogens is 380 g/mol. The number of carbonyl (C=O) groups excluding carboxylic acids is 4. The van der Waals surface area contributed by atoms with Gasteiger partial charge in [0, 0.05) is 25.3 Å². The van der Waals surface area contributed by atoms with Gasteiger partial charge in [-0.3, -0.25) is 14.4 Å². The summed E-state index contributed by atoms with van der Waals surface area (Å²) >= 11 is 0. The second-order valence-corrected chi connectivity index (χ2v) is 7.42. The lowest BCUT2D eigenvalue weighted by Crippen LogP contribution is -2.48. The highest BCUT2D eigenvalue weighted by atomic mass is 16.6. The van der Waals surface area contributed by atoms with E-state index in [9.17, 15) is 19.2 Å². The Morgan fingerprint density at radius 3 is 2.24 bits per heavy atom. The van der Waals surface area contributed by atoms with Gasteiger partial charge in [0.1, 0.15) is 6.10 Å². The lowest BCUT2D eigenvalue weighted by atomic mass is 9.91. The Labute approximate surface area is 171 Å². The van der Waals surface area contributed by atoms with Gasteiger partial charge in [-0.2, -0.15) is 0 Å². The highest BCUT2D eigenvalue weighted by Crippen LogP contribution is 2.29. The molecule has 5 atom stereocenters. The Bertz CT molecular complexity index is 639. The zero-order valence-corrected chi connectivity index (χ0v) is 18.1. The van der Waals surface area contributed by atoms with E-state index in [0.717, 1.165) is 6.42 Å². The monoisotopic (exact) mass is 412 g/mol. The van der Waals surface area contributed by atoms with Crippen LogP contribution in [-0.4, -0.2) is 49.3 Å². The topological polar surface area (TPSA) is 105 Å². The van der Waals surface area contributed by atoms with E-state index in [1.54, 1.807) is 6.92 Å². The first-order valence-electron chi connectivity index (χ1n) is 9.98. The van der Waals surface area contributed by atoms with Gasteiger partial charge in [0.15, 0.2) is 12.2 Å². The number of carbonyl (C=O) groups is 4. The molecule has 1 aliphatic rings. The fourth-order valence-electron chi connectivity index (χ4n) is 2.80. The second-order valence-electron chi connectivity index (χ2n) is 7.42. The summed E-state index contributed by atoms with van der Waals surface area (Å²) in [6, 6.07) is 0. The SMILES string of the molecule is CCC(C)CC(=O)OC1CC(C(=O)OC)=CC(OC(C)=O)C1OC(=O)C(C)CC. The average Bonchev–Trinajstić information content (AvgIpc) is 2.67. The molecule has 0 heterocycles. The van der Waals surface area contributed by atoms with E-state index in [1.165, 1.54) is 20.1 Å². The molecule has 0 saturated carbocycles. The van der Waals surface area contributed by atoms with Crippen LogP contribution in [0.4, 0.5) is 0 Å². The number of esters is 4. The Kier molecular flexibility index (Phi) is 9.85. The smallest absolute Gasteiger partial charge is 0.333 e. The zero-order chi connectivity index (χ0) is 22.1. The number of methoxy groups -OCH3 is 1. The van der Waals surface area contributed by atoms with Crippen molar-refractivity contribution in [3.8, 4) is 0 Å². The van der Waals surface area contributed by atoms with Crippen LogP contribution in [0.5, 0.6) is 0 Å². The third-order valence-corrected chi connectivity index (χ3v) is 4.99. The summed E-state index contributed by atoms with van der Waals surface area (Å²) in [6.45, 7) is 8.65. The van der Waals surface area contributed by atoms with Crippen LogP contribution in [0.25, 0.3) is 0 Å². The molecule has 0 fully saturated rings. The fraction of sp³-hybridized carbons (Fsp3) is 0.714. The summed E-state index contributed by atoms with van der Waals surface area (Å²) in [6.07, 6.45) is -0.145. The first kappa shape index (κ1) is 24.7. The molecule has 0 spiro atoms. The first-order valence-corrected chi connectivity index (χ1v) is 9.98. The van der Waals surface area contributed by atoms with E-state index >= 15 is 0 Å². The molecule has 5 unspecified atom stereocenters. The van der Waals surface area contributed by atoms with E-state index < -0.39 is 42.2 Å². The third kappa shape index (κ3) is 7.51. The van der Waals surface area contributed by atoms with E-state index in [-0.39, 0.29) is 30.3 Å². The van der Waals surface area contributed by atoms with Gasteiger partial charge in [-0.1, -0.05) is 34.1 Å². The van der Waals surface area contributed by atoms with Gasteiger partial charge in [-0.05, 0) is 18.4 Å². The van der Waals surface area contributed by atoms with E-state index in [1.807, 2.05) is 20.8 Å². The summed E-state index contributed by atoms with van der Waals surface area (Å²) in [7, 11) is 1.23. The largest absolute Gasteiger partial charge is 0.466 e. The van der Waals surface area contributed by atoms with Crippen LogP contribution in [0, 0.1) is 11.8 Å². The van der Waals surface area contributed by atoms with Gasteiger partial charge < -0.3 is 18.9 Å². The molecule has 0 radical (unpaired) electrons. The molecular formula is C21H32O8. The van der Waals surface area contributed by atoms with Crippen LogP contribution in [0.15, 0.2) is 11.6 Å². The van der Waals surface area contributed by atoms with Crippen molar-refractivity contribution < 1.29 is 38.1 Å². The molecule has 0 aromatic heterocycles. The van der Waals surface area contributed by atoms with Crippen LogP contribution >= 0.6 is 0 Å². The Morgan fingerprint density at radius 1 is 1.07 bits per heavy atom. The molecule has 29 heavy (non-hydrogen) atoms. The van der Waals surface area contributed by atoms with Crippen molar-refractivity contribution in [1.29, 1.82) is 0 Å². The number of hydrogen-bond acceptors (Lipinski definition) is 8. The molecule has 8 heteroatoms. The minimum atomic E-state index is -1.07. The standard InChI is InChI=1S/C21H32O8/c1-7-12(3)9-18(23)28-17-11-15(21(25)26-6)10-16(27-14(5)22)19(17)29-20(24)13(4)8-2/h10,12-13,16-17,19H,7-9,11H2,1-6H3. The second kappa shape index (κ2) is 11.6. The molecule has 0 amide bonds. The van der Waals surface area contributed by atoms with Crippen molar-refractivity contribution in [1.82, 2.24) is 0 Å². The normalized spacial score (nSPS) is 23.2. The molecule has 0 aromatic rings. The predicted molar refractivity (Wildman–Crippen MR) is 104 cm³/mol. The highest BCUT2D eigenvalue weighted by molar-refractivity contribution is 5.89.